The van der Waals surface area contributed by atoms with Crippen LogP contribution in [-0.2, 0) is 0 Å². The molecule has 0 aliphatic heterocycles. The zero-order valence-corrected chi connectivity index (χ0v) is 10.6. The van der Waals surface area contributed by atoms with Crippen LogP contribution in [0.25, 0.3) is 11.1 Å². The number of anilines is 1. The average molecular weight is 234 g/mol. The summed E-state index contributed by atoms with van der Waals surface area (Å²) in [7, 11) is 0. The van der Waals surface area contributed by atoms with E-state index in [1.54, 1.807) is 19.1 Å². The van der Waals surface area contributed by atoms with Crippen LogP contribution in [0.3, 0.4) is 0 Å². The maximum absolute atomic E-state index is 9.41. The molecule has 0 bridgehead atoms. The van der Waals surface area contributed by atoms with E-state index in [-0.39, 0.29) is 5.75 Å². The van der Waals surface area contributed by atoms with Crippen molar-refractivity contribution in [1.29, 1.82) is 0 Å². The van der Waals surface area contributed by atoms with Gasteiger partial charge in [-0.3, -0.25) is 0 Å². The summed E-state index contributed by atoms with van der Waals surface area (Å²) in [4.78, 5) is 0. The zero-order valence-electron chi connectivity index (χ0n) is 10.6. The van der Waals surface area contributed by atoms with Crippen LogP contribution < -0.4 is 5.73 Å². The summed E-state index contributed by atoms with van der Waals surface area (Å²) in [6.07, 6.45) is 0. The molecule has 0 saturated carbocycles. The Balaban J connectivity index is 0.000000686. The molecule has 1 heterocycles. The number of benzene rings is 1. The number of phenolic OH excluding ortho intramolecular Hbond substituents is 1. The average Bonchev–Trinajstić information content (AvgIpc) is 2.66. The molecule has 0 saturated heterocycles. The SMILES string of the molecule is CC.Cc1cc(-c2c(N)noc2C)ccc1O. The van der Waals surface area contributed by atoms with Gasteiger partial charge in [-0.25, -0.2) is 0 Å². The molecule has 0 radical (unpaired) electrons. The van der Waals surface area contributed by atoms with Gasteiger partial charge in [-0.1, -0.05) is 25.1 Å². The van der Waals surface area contributed by atoms with Crippen molar-refractivity contribution in [3.63, 3.8) is 0 Å². The molecule has 0 aliphatic carbocycles. The van der Waals surface area contributed by atoms with E-state index in [1.165, 1.54) is 0 Å². The lowest BCUT2D eigenvalue weighted by Crippen LogP contribution is -1.89. The summed E-state index contributed by atoms with van der Waals surface area (Å²) < 4.78 is 4.98. The van der Waals surface area contributed by atoms with Gasteiger partial charge in [0.15, 0.2) is 5.82 Å². The molecule has 0 fully saturated rings. The van der Waals surface area contributed by atoms with Gasteiger partial charge < -0.3 is 15.4 Å². The van der Waals surface area contributed by atoms with Gasteiger partial charge in [0.2, 0.25) is 0 Å². The van der Waals surface area contributed by atoms with Crippen LogP contribution in [0.1, 0.15) is 25.2 Å². The summed E-state index contributed by atoms with van der Waals surface area (Å²) >= 11 is 0. The third-order valence-electron chi connectivity index (χ3n) is 2.37. The molecule has 4 heteroatoms. The second-order valence-electron chi connectivity index (χ2n) is 3.50. The number of hydrogen-bond donors (Lipinski definition) is 2. The lowest BCUT2D eigenvalue weighted by Gasteiger charge is -2.03. The van der Waals surface area contributed by atoms with Crippen LogP contribution in [0.4, 0.5) is 5.82 Å². The van der Waals surface area contributed by atoms with Crippen LogP contribution in [0.5, 0.6) is 5.75 Å². The minimum atomic E-state index is 0.270. The number of aromatic nitrogens is 1. The molecule has 2 rings (SSSR count). The Morgan fingerprint density at radius 3 is 2.35 bits per heavy atom. The van der Waals surface area contributed by atoms with Crippen molar-refractivity contribution in [2.24, 2.45) is 0 Å². The quantitative estimate of drug-likeness (QED) is 0.794. The van der Waals surface area contributed by atoms with Gasteiger partial charge in [-0.05, 0) is 37.1 Å². The van der Waals surface area contributed by atoms with Crippen molar-refractivity contribution >= 4 is 5.82 Å². The standard InChI is InChI=1S/C11H12N2O2.C2H6/c1-6-5-8(3-4-9(6)14)10-7(2)15-13-11(10)12;1-2/h3-5,14H,1-2H3,(H2,12,13);1-2H3. The molecule has 92 valence electrons. The summed E-state index contributed by atoms with van der Waals surface area (Å²) in [5.41, 5.74) is 8.19. The first kappa shape index (κ1) is 13.1. The fraction of sp³-hybridized carbons (Fsp3) is 0.308. The topological polar surface area (TPSA) is 72.3 Å². The predicted octanol–water partition coefficient (Wildman–Crippen LogP) is 3.27. The lowest BCUT2D eigenvalue weighted by molar-refractivity contribution is 0.401. The molecule has 0 spiro atoms. The normalized spacial score (nSPS) is 9.65. The number of nitrogen functional groups attached to an aromatic ring is 1. The summed E-state index contributed by atoms with van der Waals surface area (Å²) in [5, 5.41) is 13.1. The van der Waals surface area contributed by atoms with E-state index in [0.29, 0.717) is 11.6 Å². The van der Waals surface area contributed by atoms with Gasteiger partial charge >= 0.3 is 0 Å². The molecule has 1 aromatic carbocycles. The number of nitrogens with two attached hydrogens (primary N) is 1. The minimum Gasteiger partial charge on any atom is -0.508 e. The number of aryl methyl sites for hydroxylation is 2. The van der Waals surface area contributed by atoms with Gasteiger partial charge in [-0.15, -0.1) is 0 Å². The van der Waals surface area contributed by atoms with E-state index in [1.807, 2.05) is 26.8 Å². The second-order valence-corrected chi connectivity index (χ2v) is 3.50. The number of phenols is 1. The molecule has 0 atom stereocenters. The van der Waals surface area contributed by atoms with Crippen molar-refractivity contribution in [3.8, 4) is 16.9 Å². The van der Waals surface area contributed by atoms with Crippen molar-refractivity contribution < 1.29 is 9.63 Å². The molecule has 4 nitrogen and oxygen atoms in total. The van der Waals surface area contributed by atoms with Gasteiger partial charge in [0.25, 0.3) is 0 Å². The maximum atomic E-state index is 9.41. The highest BCUT2D eigenvalue weighted by atomic mass is 16.5. The van der Waals surface area contributed by atoms with Crippen LogP contribution in [-0.4, -0.2) is 10.3 Å². The summed E-state index contributed by atoms with van der Waals surface area (Å²) in [6.45, 7) is 7.64. The highest BCUT2D eigenvalue weighted by Gasteiger charge is 2.12. The monoisotopic (exact) mass is 234 g/mol. The van der Waals surface area contributed by atoms with Crippen molar-refractivity contribution in [3.05, 3.63) is 29.5 Å². The fourth-order valence-electron chi connectivity index (χ4n) is 1.55. The van der Waals surface area contributed by atoms with E-state index in [9.17, 15) is 5.11 Å². The highest BCUT2D eigenvalue weighted by molar-refractivity contribution is 5.76. The Morgan fingerprint density at radius 2 is 1.88 bits per heavy atom. The third kappa shape index (κ3) is 2.58. The minimum absolute atomic E-state index is 0.270. The Bertz CT molecular complexity index is 485. The van der Waals surface area contributed by atoms with Gasteiger partial charge in [0.1, 0.15) is 11.5 Å². The van der Waals surface area contributed by atoms with Gasteiger partial charge in [-0.2, -0.15) is 0 Å². The van der Waals surface area contributed by atoms with Crippen molar-refractivity contribution in [2.75, 3.05) is 5.73 Å². The van der Waals surface area contributed by atoms with E-state index < -0.39 is 0 Å². The first-order valence-electron chi connectivity index (χ1n) is 5.61. The Labute approximate surface area is 101 Å². The second kappa shape index (κ2) is 5.39. The first-order valence-corrected chi connectivity index (χ1v) is 5.61. The fourth-order valence-corrected chi connectivity index (χ4v) is 1.55. The molecule has 2 aromatic rings. The number of hydrogen-bond acceptors (Lipinski definition) is 4. The molecule has 1 aromatic heterocycles. The number of aromatic hydroxyl groups is 1. The number of nitrogens with zero attached hydrogens (tertiary/aromatic N) is 1. The first-order chi connectivity index (χ1) is 8.09. The van der Waals surface area contributed by atoms with Gasteiger partial charge in [0.05, 0.1) is 5.56 Å². The van der Waals surface area contributed by atoms with E-state index >= 15 is 0 Å². The lowest BCUT2D eigenvalue weighted by atomic mass is 10.0. The predicted molar refractivity (Wildman–Crippen MR) is 68.8 cm³/mol. The van der Waals surface area contributed by atoms with Crippen LogP contribution in [0, 0.1) is 13.8 Å². The van der Waals surface area contributed by atoms with Crippen LogP contribution in [0.2, 0.25) is 0 Å². The molecule has 0 amide bonds. The smallest absolute Gasteiger partial charge is 0.175 e. The zero-order chi connectivity index (χ0) is 13.0. The summed E-state index contributed by atoms with van der Waals surface area (Å²) in [5.74, 6) is 1.32. The van der Waals surface area contributed by atoms with Gasteiger partial charge in [0, 0.05) is 0 Å². The number of rotatable bonds is 1. The summed E-state index contributed by atoms with van der Waals surface area (Å²) in [6, 6.07) is 5.28. The van der Waals surface area contributed by atoms with Crippen molar-refractivity contribution in [1.82, 2.24) is 5.16 Å². The molecule has 0 unspecified atom stereocenters. The molecule has 0 aliphatic rings. The molecular weight excluding hydrogens is 216 g/mol. The molecule has 3 N–H and O–H groups in total. The van der Waals surface area contributed by atoms with E-state index in [4.69, 9.17) is 10.3 Å². The Morgan fingerprint density at radius 1 is 1.24 bits per heavy atom. The van der Waals surface area contributed by atoms with Crippen LogP contribution in [0.15, 0.2) is 22.7 Å². The van der Waals surface area contributed by atoms with Crippen LogP contribution >= 0.6 is 0 Å². The van der Waals surface area contributed by atoms with E-state index in [2.05, 4.69) is 5.16 Å². The van der Waals surface area contributed by atoms with Crippen molar-refractivity contribution in [2.45, 2.75) is 27.7 Å². The molecular formula is C13H18N2O2. The third-order valence-corrected chi connectivity index (χ3v) is 2.37. The highest BCUT2D eigenvalue weighted by Crippen LogP contribution is 2.31. The Hall–Kier alpha value is -1.97. The Kier molecular flexibility index (Phi) is 4.15. The van der Waals surface area contributed by atoms with E-state index in [0.717, 1.165) is 16.7 Å². The largest absolute Gasteiger partial charge is 0.508 e. The molecule has 17 heavy (non-hydrogen) atoms. The maximum Gasteiger partial charge on any atom is 0.175 e.